The van der Waals surface area contributed by atoms with Crippen LogP contribution < -0.4 is 5.32 Å². The van der Waals surface area contributed by atoms with Crippen molar-refractivity contribution < 1.29 is 9.90 Å². The molecule has 0 aliphatic carbocycles. The Labute approximate surface area is 98.5 Å². The first-order valence-corrected chi connectivity index (χ1v) is 5.22. The number of nitrogens with zero attached hydrogens (tertiary/aromatic N) is 2. The Morgan fingerprint density at radius 2 is 2.00 bits per heavy atom. The Hall–Kier alpha value is -2.17. The van der Waals surface area contributed by atoms with Crippen LogP contribution in [0.1, 0.15) is 13.8 Å². The third kappa shape index (κ3) is 2.18. The zero-order chi connectivity index (χ0) is 12.5. The SMILES string of the molecule is CC(C)(Nc1ncnc2ccccc12)C(=O)O. The summed E-state index contributed by atoms with van der Waals surface area (Å²) < 4.78 is 0. The highest BCUT2D eigenvalue weighted by atomic mass is 16.4. The van der Waals surface area contributed by atoms with Crippen LogP contribution >= 0.6 is 0 Å². The van der Waals surface area contributed by atoms with Crippen LogP contribution in [0.15, 0.2) is 30.6 Å². The van der Waals surface area contributed by atoms with Crippen molar-refractivity contribution in [3.05, 3.63) is 30.6 Å². The molecule has 5 heteroatoms. The lowest BCUT2D eigenvalue weighted by Gasteiger charge is -2.22. The van der Waals surface area contributed by atoms with Gasteiger partial charge in [-0.25, -0.2) is 14.8 Å². The molecule has 1 aromatic carbocycles. The van der Waals surface area contributed by atoms with Gasteiger partial charge in [-0.05, 0) is 26.0 Å². The number of anilines is 1. The number of aromatic nitrogens is 2. The van der Waals surface area contributed by atoms with E-state index < -0.39 is 11.5 Å². The Morgan fingerprint density at radius 1 is 1.29 bits per heavy atom. The van der Waals surface area contributed by atoms with Gasteiger partial charge in [-0.15, -0.1) is 0 Å². The molecule has 88 valence electrons. The molecule has 17 heavy (non-hydrogen) atoms. The lowest BCUT2D eigenvalue weighted by atomic mass is 10.1. The minimum absolute atomic E-state index is 0.531. The normalized spacial score (nSPS) is 11.4. The Bertz CT molecular complexity index is 561. The predicted molar refractivity (Wildman–Crippen MR) is 64.9 cm³/mol. The third-order valence-electron chi connectivity index (χ3n) is 2.51. The quantitative estimate of drug-likeness (QED) is 0.843. The monoisotopic (exact) mass is 231 g/mol. The van der Waals surface area contributed by atoms with E-state index in [1.54, 1.807) is 13.8 Å². The molecule has 1 aromatic heterocycles. The molecule has 0 radical (unpaired) electrons. The molecule has 0 saturated carbocycles. The molecule has 2 aromatic rings. The lowest BCUT2D eigenvalue weighted by Crippen LogP contribution is -2.40. The van der Waals surface area contributed by atoms with E-state index in [0.29, 0.717) is 5.82 Å². The van der Waals surface area contributed by atoms with Gasteiger partial charge in [0, 0.05) is 5.39 Å². The molecule has 0 spiro atoms. The van der Waals surface area contributed by atoms with Gasteiger partial charge in [0.25, 0.3) is 0 Å². The molecule has 0 bridgehead atoms. The number of hydrogen-bond acceptors (Lipinski definition) is 4. The zero-order valence-corrected chi connectivity index (χ0v) is 9.64. The van der Waals surface area contributed by atoms with Gasteiger partial charge >= 0.3 is 5.97 Å². The van der Waals surface area contributed by atoms with Crippen molar-refractivity contribution in [2.45, 2.75) is 19.4 Å². The smallest absolute Gasteiger partial charge is 0.328 e. The molecule has 0 aliphatic heterocycles. The summed E-state index contributed by atoms with van der Waals surface area (Å²) in [6.45, 7) is 3.18. The third-order valence-corrected chi connectivity index (χ3v) is 2.51. The molecule has 0 unspecified atom stereocenters. The van der Waals surface area contributed by atoms with E-state index in [1.807, 2.05) is 24.3 Å². The number of aliphatic carboxylic acids is 1. The van der Waals surface area contributed by atoms with Crippen molar-refractivity contribution in [1.29, 1.82) is 0 Å². The van der Waals surface area contributed by atoms with Gasteiger partial charge in [0.2, 0.25) is 0 Å². The molecule has 0 aliphatic rings. The first-order chi connectivity index (χ1) is 8.00. The number of rotatable bonds is 3. The fourth-order valence-electron chi connectivity index (χ4n) is 1.45. The van der Waals surface area contributed by atoms with Crippen molar-refractivity contribution in [1.82, 2.24) is 9.97 Å². The number of fused-ring (bicyclic) bond motifs is 1. The fraction of sp³-hybridized carbons (Fsp3) is 0.250. The maximum atomic E-state index is 11.1. The molecule has 5 nitrogen and oxygen atoms in total. The summed E-state index contributed by atoms with van der Waals surface area (Å²) in [6, 6.07) is 7.46. The number of para-hydroxylation sites is 1. The number of nitrogens with one attached hydrogen (secondary N) is 1. The summed E-state index contributed by atoms with van der Waals surface area (Å²) in [5.74, 6) is -0.400. The van der Waals surface area contributed by atoms with Gasteiger partial charge in [0.15, 0.2) is 0 Å². The van der Waals surface area contributed by atoms with Crippen LogP contribution in [0.4, 0.5) is 5.82 Å². The largest absolute Gasteiger partial charge is 0.480 e. The summed E-state index contributed by atoms with van der Waals surface area (Å²) in [7, 11) is 0. The van der Waals surface area contributed by atoms with E-state index in [2.05, 4.69) is 15.3 Å². The average Bonchev–Trinajstić information content (AvgIpc) is 2.29. The van der Waals surface area contributed by atoms with Gasteiger partial charge in [-0.1, -0.05) is 12.1 Å². The summed E-state index contributed by atoms with van der Waals surface area (Å²) in [4.78, 5) is 19.3. The highest BCUT2D eigenvalue weighted by molar-refractivity contribution is 5.91. The van der Waals surface area contributed by atoms with Crippen LogP contribution in [0.2, 0.25) is 0 Å². The van der Waals surface area contributed by atoms with E-state index in [1.165, 1.54) is 6.33 Å². The second-order valence-electron chi connectivity index (χ2n) is 4.29. The van der Waals surface area contributed by atoms with E-state index >= 15 is 0 Å². The van der Waals surface area contributed by atoms with Gasteiger partial charge in [-0.3, -0.25) is 0 Å². The Balaban J connectivity index is 2.46. The van der Waals surface area contributed by atoms with Crippen molar-refractivity contribution in [3.8, 4) is 0 Å². The fourth-order valence-corrected chi connectivity index (χ4v) is 1.45. The minimum Gasteiger partial charge on any atom is -0.480 e. The minimum atomic E-state index is -1.07. The van der Waals surface area contributed by atoms with Gasteiger partial charge in [0.1, 0.15) is 17.7 Å². The second-order valence-corrected chi connectivity index (χ2v) is 4.29. The first kappa shape index (κ1) is 11.3. The molecule has 0 saturated heterocycles. The van der Waals surface area contributed by atoms with Crippen LogP contribution in [-0.2, 0) is 4.79 Å². The highest BCUT2D eigenvalue weighted by Crippen LogP contribution is 2.21. The van der Waals surface area contributed by atoms with Gasteiger partial charge < -0.3 is 10.4 Å². The summed E-state index contributed by atoms with van der Waals surface area (Å²) in [5.41, 5.74) is -0.289. The van der Waals surface area contributed by atoms with Crippen LogP contribution in [0, 0.1) is 0 Å². The number of carbonyl (C=O) groups is 1. The topological polar surface area (TPSA) is 75.1 Å². The van der Waals surface area contributed by atoms with Crippen molar-refractivity contribution in [2.75, 3.05) is 5.32 Å². The number of carboxylic acid groups (broad SMARTS) is 1. The van der Waals surface area contributed by atoms with E-state index in [0.717, 1.165) is 10.9 Å². The van der Waals surface area contributed by atoms with Crippen LogP contribution in [-0.4, -0.2) is 26.6 Å². The summed E-state index contributed by atoms with van der Waals surface area (Å²) >= 11 is 0. The maximum absolute atomic E-state index is 11.1. The van der Waals surface area contributed by atoms with Crippen LogP contribution in [0.25, 0.3) is 10.9 Å². The van der Waals surface area contributed by atoms with Gasteiger partial charge in [-0.2, -0.15) is 0 Å². The number of benzene rings is 1. The summed E-state index contributed by atoms with van der Waals surface area (Å²) in [6.07, 6.45) is 1.42. The van der Waals surface area contributed by atoms with Crippen LogP contribution in [0.5, 0.6) is 0 Å². The van der Waals surface area contributed by atoms with Gasteiger partial charge in [0.05, 0.1) is 5.52 Å². The Kier molecular flexibility index (Phi) is 2.67. The predicted octanol–water partition coefficient (Wildman–Crippen LogP) is 1.90. The van der Waals surface area contributed by atoms with E-state index in [-0.39, 0.29) is 0 Å². The van der Waals surface area contributed by atoms with E-state index in [4.69, 9.17) is 5.11 Å². The molecular weight excluding hydrogens is 218 g/mol. The molecule has 0 fully saturated rings. The number of carboxylic acids is 1. The molecule has 0 amide bonds. The maximum Gasteiger partial charge on any atom is 0.328 e. The first-order valence-electron chi connectivity index (χ1n) is 5.22. The highest BCUT2D eigenvalue weighted by Gasteiger charge is 2.27. The molecule has 0 atom stereocenters. The zero-order valence-electron chi connectivity index (χ0n) is 9.64. The molecule has 2 N–H and O–H groups in total. The molecule has 2 rings (SSSR count). The standard InChI is InChI=1S/C12H13N3O2/c1-12(2,11(16)17)15-10-8-5-3-4-6-9(8)13-7-14-10/h3-7H,1-2H3,(H,16,17)(H,13,14,15). The van der Waals surface area contributed by atoms with E-state index in [9.17, 15) is 4.79 Å². The summed E-state index contributed by atoms with van der Waals surface area (Å²) in [5, 5.41) is 12.8. The van der Waals surface area contributed by atoms with Crippen molar-refractivity contribution >= 4 is 22.7 Å². The second kappa shape index (κ2) is 4.01. The van der Waals surface area contributed by atoms with Crippen molar-refractivity contribution in [2.24, 2.45) is 0 Å². The molecular formula is C12H13N3O2. The van der Waals surface area contributed by atoms with Crippen molar-refractivity contribution in [3.63, 3.8) is 0 Å². The molecule has 1 heterocycles. The Morgan fingerprint density at radius 3 is 2.71 bits per heavy atom. The average molecular weight is 231 g/mol. The number of hydrogen-bond donors (Lipinski definition) is 2. The van der Waals surface area contributed by atoms with Crippen LogP contribution in [0.3, 0.4) is 0 Å². The lowest BCUT2D eigenvalue weighted by molar-refractivity contribution is -0.141.